The zero-order valence-corrected chi connectivity index (χ0v) is 10.9. The third-order valence-corrected chi connectivity index (χ3v) is 3.04. The van der Waals surface area contributed by atoms with E-state index in [1.807, 2.05) is 19.1 Å². The first-order valence-corrected chi connectivity index (χ1v) is 6.19. The van der Waals surface area contributed by atoms with Crippen molar-refractivity contribution in [3.63, 3.8) is 0 Å². The largest absolute Gasteiger partial charge is 0.206 e. The molecule has 0 unspecified atom stereocenters. The number of hydrogen-bond acceptors (Lipinski definition) is 0. The number of alkyl halides is 1. The first kappa shape index (κ1) is 12.4. The summed E-state index contributed by atoms with van der Waals surface area (Å²) in [5.41, 5.74) is 2.97. The van der Waals surface area contributed by atoms with Crippen molar-refractivity contribution in [1.82, 2.24) is 0 Å². The van der Waals surface area contributed by atoms with Crippen LogP contribution in [-0.4, -0.2) is 5.33 Å². The molecule has 0 saturated carbocycles. The van der Waals surface area contributed by atoms with E-state index in [4.69, 9.17) is 0 Å². The fraction of sp³-hybridized carbons (Fsp3) is 0.385. The molecule has 1 aromatic carbocycles. The summed E-state index contributed by atoms with van der Waals surface area (Å²) in [4.78, 5) is 0. The van der Waals surface area contributed by atoms with Gasteiger partial charge >= 0.3 is 0 Å². The van der Waals surface area contributed by atoms with Crippen molar-refractivity contribution in [2.75, 3.05) is 5.33 Å². The lowest BCUT2D eigenvalue weighted by molar-refractivity contribution is 0.624. The molecule has 0 aliphatic carbocycles. The molecule has 82 valence electrons. The van der Waals surface area contributed by atoms with E-state index >= 15 is 0 Å². The van der Waals surface area contributed by atoms with Gasteiger partial charge in [-0.1, -0.05) is 53.1 Å². The van der Waals surface area contributed by atoms with Crippen molar-refractivity contribution < 1.29 is 4.39 Å². The molecule has 0 heterocycles. The van der Waals surface area contributed by atoms with E-state index in [0.29, 0.717) is 11.5 Å². The van der Waals surface area contributed by atoms with E-state index in [1.165, 1.54) is 11.6 Å². The summed E-state index contributed by atoms with van der Waals surface area (Å²) in [7, 11) is 0. The Labute approximate surface area is 99.3 Å². The fourth-order valence-corrected chi connectivity index (χ4v) is 2.14. The zero-order valence-electron chi connectivity index (χ0n) is 9.35. The lowest BCUT2D eigenvalue weighted by Gasteiger charge is -2.08. The van der Waals surface area contributed by atoms with Gasteiger partial charge in [0.1, 0.15) is 5.82 Å². The van der Waals surface area contributed by atoms with Crippen LogP contribution in [0.2, 0.25) is 0 Å². The maximum Gasteiger partial charge on any atom is 0.130 e. The predicted molar refractivity (Wildman–Crippen MR) is 67.7 cm³/mol. The molecule has 0 atom stereocenters. The molecule has 0 nitrogen and oxygen atoms in total. The Morgan fingerprint density at radius 2 is 2.13 bits per heavy atom. The third kappa shape index (κ3) is 3.45. The molecule has 0 bridgehead atoms. The Kier molecular flexibility index (Phi) is 4.52. The van der Waals surface area contributed by atoms with Crippen LogP contribution in [0.4, 0.5) is 4.39 Å². The number of benzene rings is 1. The van der Waals surface area contributed by atoms with E-state index in [0.717, 1.165) is 10.9 Å². The summed E-state index contributed by atoms with van der Waals surface area (Å²) < 4.78 is 13.5. The average Bonchev–Trinajstić information content (AvgIpc) is 2.18. The Hall–Kier alpha value is -0.630. The molecule has 0 N–H and O–H groups in total. The number of allylic oxidation sites excluding steroid dienone is 1. The predicted octanol–water partition coefficient (Wildman–Crippen LogP) is 4.57. The smallest absolute Gasteiger partial charge is 0.130 e. The van der Waals surface area contributed by atoms with Gasteiger partial charge in [0.05, 0.1) is 0 Å². The Balaban J connectivity index is 3.10. The summed E-state index contributed by atoms with van der Waals surface area (Å²) in [6, 6.07) is 5.18. The van der Waals surface area contributed by atoms with Crippen molar-refractivity contribution in [3.8, 4) is 0 Å². The molecular formula is C13H16BrF. The van der Waals surface area contributed by atoms with Crippen molar-refractivity contribution in [1.29, 1.82) is 0 Å². The van der Waals surface area contributed by atoms with Gasteiger partial charge in [0, 0.05) is 10.9 Å². The van der Waals surface area contributed by atoms with Crippen LogP contribution in [-0.2, 0) is 0 Å². The second-order valence-electron chi connectivity index (χ2n) is 4.03. The molecule has 0 aliphatic rings. The minimum Gasteiger partial charge on any atom is -0.206 e. The van der Waals surface area contributed by atoms with Gasteiger partial charge in [0.2, 0.25) is 0 Å². The van der Waals surface area contributed by atoms with Crippen molar-refractivity contribution in [3.05, 3.63) is 40.7 Å². The van der Waals surface area contributed by atoms with Gasteiger partial charge in [-0.15, -0.1) is 0 Å². The average molecular weight is 271 g/mol. The highest BCUT2D eigenvalue weighted by Crippen LogP contribution is 2.19. The standard InChI is InChI=1S/C13H16BrF/c1-9(2)12(8-14)7-11-6-10(3)4-5-13(11)15/h4-7,9H,8H2,1-3H3/b12-7+. The van der Waals surface area contributed by atoms with Crippen LogP contribution < -0.4 is 0 Å². The lowest BCUT2D eigenvalue weighted by atomic mass is 10.0. The van der Waals surface area contributed by atoms with Gasteiger partial charge in [0.15, 0.2) is 0 Å². The lowest BCUT2D eigenvalue weighted by Crippen LogP contribution is -1.96. The van der Waals surface area contributed by atoms with Crippen LogP contribution in [0, 0.1) is 18.7 Å². The Morgan fingerprint density at radius 3 is 2.67 bits per heavy atom. The van der Waals surface area contributed by atoms with Crippen LogP contribution in [0.1, 0.15) is 25.0 Å². The topological polar surface area (TPSA) is 0 Å². The highest BCUT2D eigenvalue weighted by atomic mass is 79.9. The molecule has 0 spiro atoms. The SMILES string of the molecule is Cc1ccc(F)c(/C=C(\CBr)C(C)C)c1. The number of aryl methyl sites for hydroxylation is 1. The van der Waals surface area contributed by atoms with E-state index in [-0.39, 0.29) is 5.82 Å². The molecular weight excluding hydrogens is 255 g/mol. The highest BCUT2D eigenvalue weighted by molar-refractivity contribution is 9.09. The molecule has 2 heteroatoms. The summed E-state index contributed by atoms with van der Waals surface area (Å²) in [6.45, 7) is 6.20. The van der Waals surface area contributed by atoms with Gasteiger partial charge in [-0.2, -0.15) is 0 Å². The second-order valence-corrected chi connectivity index (χ2v) is 4.59. The second kappa shape index (κ2) is 5.45. The molecule has 1 aromatic rings. The van der Waals surface area contributed by atoms with Gasteiger partial charge in [-0.05, 0) is 25.0 Å². The number of halogens is 2. The molecule has 1 rings (SSSR count). The molecule has 0 aromatic heterocycles. The Bertz CT molecular complexity index is 367. The van der Waals surface area contributed by atoms with Gasteiger partial charge in [-0.25, -0.2) is 4.39 Å². The van der Waals surface area contributed by atoms with E-state index in [1.54, 1.807) is 6.07 Å². The van der Waals surface area contributed by atoms with Crippen LogP contribution in [0.5, 0.6) is 0 Å². The zero-order chi connectivity index (χ0) is 11.4. The van der Waals surface area contributed by atoms with Crippen molar-refractivity contribution in [2.45, 2.75) is 20.8 Å². The van der Waals surface area contributed by atoms with Gasteiger partial charge in [-0.3, -0.25) is 0 Å². The highest BCUT2D eigenvalue weighted by Gasteiger charge is 2.04. The maximum atomic E-state index is 13.5. The first-order valence-electron chi connectivity index (χ1n) is 5.07. The third-order valence-electron chi connectivity index (χ3n) is 2.39. The molecule has 0 amide bonds. The van der Waals surface area contributed by atoms with Gasteiger partial charge < -0.3 is 0 Å². The molecule has 0 saturated heterocycles. The van der Waals surface area contributed by atoms with Crippen LogP contribution in [0.15, 0.2) is 23.8 Å². The normalized spacial score (nSPS) is 12.3. The minimum atomic E-state index is -0.153. The monoisotopic (exact) mass is 270 g/mol. The molecule has 15 heavy (non-hydrogen) atoms. The van der Waals surface area contributed by atoms with Crippen LogP contribution >= 0.6 is 15.9 Å². The first-order chi connectivity index (χ1) is 7.04. The van der Waals surface area contributed by atoms with Gasteiger partial charge in [0.25, 0.3) is 0 Å². The molecule has 0 fully saturated rings. The van der Waals surface area contributed by atoms with E-state index in [2.05, 4.69) is 29.8 Å². The van der Waals surface area contributed by atoms with Crippen LogP contribution in [0.3, 0.4) is 0 Å². The van der Waals surface area contributed by atoms with Crippen molar-refractivity contribution >= 4 is 22.0 Å². The summed E-state index contributed by atoms with van der Waals surface area (Å²) in [5.74, 6) is 0.281. The summed E-state index contributed by atoms with van der Waals surface area (Å²) >= 11 is 3.43. The Morgan fingerprint density at radius 1 is 1.47 bits per heavy atom. The summed E-state index contributed by atoms with van der Waals surface area (Å²) in [5, 5.41) is 0.790. The van der Waals surface area contributed by atoms with E-state index in [9.17, 15) is 4.39 Å². The maximum absolute atomic E-state index is 13.5. The molecule has 0 radical (unpaired) electrons. The van der Waals surface area contributed by atoms with E-state index < -0.39 is 0 Å². The van der Waals surface area contributed by atoms with Crippen molar-refractivity contribution in [2.24, 2.45) is 5.92 Å². The molecule has 0 aliphatic heterocycles. The number of rotatable bonds is 3. The number of hydrogen-bond donors (Lipinski definition) is 0. The quantitative estimate of drug-likeness (QED) is 0.706. The fourth-order valence-electron chi connectivity index (χ4n) is 1.33. The minimum absolute atomic E-state index is 0.153. The van der Waals surface area contributed by atoms with Crippen LogP contribution in [0.25, 0.3) is 6.08 Å². The summed E-state index contributed by atoms with van der Waals surface area (Å²) in [6.07, 6.45) is 1.93.